The second kappa shape index (κ2) is 7.89. The largest absolute Gasteiger partial charge is 0.352 e. The Morgan fingerprint density at radius 2 is 2.04 bits per heavy atom. The second-order valence-electron chi connectivity index (χ2n) is 6.22. The van der Waals surface area contributed by atoms with Gasteiger partial charge in [-0.1, -0.05) is 24.3 Å². The summed E-state index contributed by atoms with van der Waals surface area (Å²) in [5.74, 6) is 2.62. The van der Waals surface area contributed by atoms with Crippen molar-refractivity contribution in [2.45, 2.75) is 44.4 Å². The summed E-state index contributed by atoms with van der Waals surface area (Å²) in [6.07, 6.45) is 7.71. The monoisotopic (exact) mass is 312 g/mol. The summed E-state index contributed by atoms with van der Waals surface area (Å²) in [7, 11) is 4.08. The minimum absolute atomic E-state index is 0.0281. The molecule has 0 unspecified atom stereocenters. The number of hydrogen-bond acceptors (Lipinski definition) is 4. The van der Waals surface area contributed by atoms with Gasteiger partial charge in [0.25, 0.3) is 0 Å². The number of carbonyl (C=O) groups is 1. The smallest absolute Gasteiger partial charge is 0.220 e. The van der Waals surface area contributed by atoms with Gasteiger partial charge < -0.3 is 10.2 Å². The van der Waals surface area contributed by atoms with Crippen molar-refractivity contribution in [3.63, 3.8) is 0 Å². The van der Waals surface area contributed by atoms with Crippen LogP contribution in [-0.4, -0.2) is 30.6 Å². The molecule has 122 valence electrons. The number of nitrogens with one attached hydrogen (secondary N) is 1. The lowest BCUT2D eigenvalue weighted by molar-refractivity contribution is -0.121. The maximum absolute atomic E-state index is 12.0. The van der Waals surface area contributed by atoms with Crippen LogP contribution in [0.3, 0.4) is 0 Å². The zero-order valence-electron chi connectivity index (χ0n) is 13.9. The molecule has 1 aromatic rings. The topological polar surface area (TPSA) is 57.1 Å². The fourth-order valence-corrected chi connectivity index (χ4v) is 2.47. The van der Waals surface area contributed by atoms with Crippen molar-refractivity contribution in [2.24, 2.45) is 10.2 Å². The van der Waals surface area contributed by atoms with Crippen LogP contribution in [0.25, 0.3) is 0 Å². The Kier molecular flexibility index (Phi) is 5.89. The van der Waals surface area contributed by atoms with E-state index in [1.807, 2.05) is 26.2 Å². The first-order valence-electron chi connectivity index (χ1n) is 7.90. The molecule has 1 aromatic carbocycles. The van der Waals surface area contributed by atoms with Gasteiger partial charge in [0.1, 0.15) is 0 Å². The average molecular weight is 312 g/mol. The molecule has 0 aliphatic carbocycles. The van der Waals surface area contributed by atoms with Crippen LogP contribution in [0.4, 0.5) is 0 Å². The Balaban J connectivity index is 1.73. The van der Waals surface area contributed by atoms with E-state index in [0.717, 1.165) is 18.5 Å². The van der Waals surface area contributed by atoms with E-state index >= 15 is 0 Å². The number of carbonyl (C=O) groups excluding carboxylic acids is 1. The van der Waals surface area contributed by atoms with Gasteiger partial charge in [-0.25, -0.2) is 0 Å². The van der Waals surface area contributed by atoms with Gasteiger partial charge in [0.2, 0.25) is 5.91 Å². The molecule has 0 atom stereocenters. The molecule has 0 saturated heterocycles. The third-order valence-electron chi connectivity index (χ3n) is 3.78. The summed E-state index contributed by atoms with van der Waals surface area (Å²) in [5.41, 5.74) is 1.97. The molecule has 5 heteroatoms. The zero-order valence-corrected chi connectivity index (χ0v) is 13.9. The minimum Gasteiger partial charge on any atom is -0.352 e. The van der Waals surface area contributed by atoms with Gasteiger partial charge in [0, 0.05) is 38.8 Å². The van der Waals surface area contributed by atoms with Crippen LogP contribution >= 0.6 is 0 Å². The number of rotatable bonds is 9. The van der Waals surface area contributed by atoms with E-state index in [1.54, 1.807) is 0 Å². The molecule has 2 rings (SSSR count). The van der Waals surface area contributed by atoms with E-state index in [0.29, 0.717) is 25.8 Å². The summed E-state index contributed by atoms with van der Waals surface area (Å²) in [6, 6.07) is 8.27. The summed E-state index contributed by atoms with van der Waals surface area (Å²) in [5, 5.41) is 11.1. The summed E-state index contributed by atoms with van der Waals surface area (Å²) in [6.45, 7) is 1.44. The lowest BCUT2D eigenvalue weighted by atomic mass is 10.0. The molecule has 1 aliphatic heterocycles. The van der Waals surface area contributed by atoms with Crippen molar-refractivity contribution < 1.29 is 4.79 Å². The molecule has 0 bridgehead atoms. The van der Waals surface area contributed by atoms with E-state index < -0.39 is 0 Å². The lowest BCUT2D eigenvalue weighted by Gasteiger charge is -2.12. The number of terminal acetylenes is 1. The molecule has 5 nitrogen and oxygen atoms in total. The van der Waals surface area contributed by atoms with Crippen LogP contribution in [0.2, 0.25) is 0 Å². The molecule has 23 heavy (non-hydrogen) atoms. The number of hydrogen-bond donors (Lipinski definition) is 1. The molecule has 1 heterocycles. The Morgan fingerprint density at radius 3 is 2.70 bits per heavy atom. The SMILES string of the molecule is C#CCCC1(CCC(=O)NCc2cccc(CN(C)C)c2)N=N1. The second-order valence-corrected chi connectivity index (χ2v) is 6.22. The standard InChI is InChI=1S/C18H24N4O/c1-4-5-10-18(20-21-18)11-9-17(23)19-13-15-7-6-8-16(12-15)14-22(2)3/h1,6-8,12H,5,9-11,13-14H2,2-3H3,(H,19,23). The van der Waals surface area contributed by atoms with Crippen molar-refractivity contribution in [1.82, 2.24) is 10.2 Å². The van der Waals surface area contributed by atoms with E-state index in [2.05, 4.69) is 38.5 Å². The first kappa shape index (κ1) is 17.2. The molecular formula is C18H24N4O. The molecule has 1 aliphatic rings. The van der Waals surface area contributed by atoms with Crippen molar-refractivity contribution in [3.8, 4) is 12.3 Å². The van der Waals surface area contributed by atoms with Crippen LogP contribution in [0, 0.1) is 12.3 Å². The first-order chi connectivity index (χ1) is 11.0. The van der Waals surface area contributed by atoms with E-state index in [-0.39, 0.29) is 11.6 Å². The zero-order chi connectivity index (χ0) is 16.7. The highest BCUT2D eigenvalue weighted by atomic mass is 16.1. The van der Waals surface area contributed by atoms with Crippen LogP contribution < -0.4 is 5.32 Å². The van der Waals surface area contributed by atoms with Gasteiger partial charge in [0.05, 0.1) is 0 Å². The van der Waals surface area contributed by atoms with Gasteiger partial charge >= 0.3 is 0 Å². The minimum atomic E-state index is -0.380. The van der Waals surface area contributed by atoms with Gasteiger partial charge in [-0.3, -0.25) is 4.79 Å². The highest BCUT2D eigenvalue weighted by Gasteiger charge is 2.39. The average Bonchev–Trinajstić information content (AvgIpc) is 3.29. The predicted octanol–water partition coefficient (Wildman–Crippen LogP) is 2.72. The quantitative estimate of drug-likeness (QED) is 0.713. The third-order valence-corrected chi connectivity index (χ3v) is 3.78. The number of benzene rings is 1. The predicted molar refractivity (Wildman–Crippen MR) is 90.6 cm³/mol. The maximum atomic E-state index is 12.0. The van der Waals surface area contributed by atoms with Crippen molar-refractivity contribution in [1.29, 1.82) is 0 Å². The van der Waals surface area contributed by atoms with E-state index in [9.17, 15) is 4.79 Å². The van der Waals surface area contributed by atoms with Crippen molar-refractivity contribution >= 4 is 5.91 Å². The fourth-order valence-electron chi connectivity index (χ4n) is 2.47. The van der Waals surface area contributed by atoms with Crippen LogP contribution in [0.15, 0.2) is 34.5 Å². The molecular weight excluding hydrogens is 288 g/mol. The molecule has 0 radical (unpaired) electrons. The summed E-state index contributed by atoms with van der Waals surface area (Å²) in [4.78, 5) is 14.1. The normalized spacial score (nSPS) is 14.5. The van der Waals surface area contributed by atoms with Gasteiger partial charge in [-0.2, -0.15) is 10.2 Å². The molecule has 0 aromatic heterocycles. The summed E-state index contributed by atoms with van der Waals surface area (Å²) >= 11 is 0. The number of nitrogens with zero attached hydrogens (tertiary/aromatic N) is 3. The van der Waals surface area contributed by atoms with Gasteiger partial charge in [0.15, 0.2) is 5.66 Å². The first-order valence-corrected chi connectivity index (χ1v) is 7.90. The Bertz CT molecular complexity index is 610. The highest BCUT2D eigenvalue weighted by Crippen LogP contribution is 2.37. The van der Waals surface area contributed by atoms with E-state index in [1.165, 1.54) is 5.56 Å². The molecule has 0 spiro atoms. The van der Waals surface area contributed by atoms with E-state index in [4.69, 9.17) is 6.42 Å². The van der Waals surface area contributed by atoms with Crippen LogP contribution in [-0.2, 0) is 17.9 Å². The lowest BCUT2D eigenvalue weighted by Crippen LogP contribution is -2.25. The third kappa shape index (κ3) is 5.84. The maximum Gasteiger partial charge on any atom is 0.220 e. The van der Waals surface area contributed by atoms with Gasteiger partial charge in [-0.05, 0) is 25.2 Å². The molecule has 0 saturated carbocycles. The highest BCUT2D eigenvalue weighted by molar-refractivity contribution is 5.76. The van der Waals surface area contributed by atoms with Crippen LogP contribution in [0.5, 0.6) is 0 Å². The Morgan fingerprint density at radius 1 is 1.30 bits per heavy atom. The Hall–Kier alpha value is -2.19. The Labute approximate surface area is 138 Å². The fraction of sp³-hybridized carbons (Fsp3) is 0.500. The molecule has 1 amide bonds. The summed E-state index contributed by atoms with van der Waals surface area (Å²) < 4.78 is 0. The van der Waals surface area contributed by atoms with Crippen LogP contribution in [0.1, 0.15) is 36.8 Å². The number of amides is 1. The van der Waals surface area contributed by atoms with Crippen molar-refractivity contribution in [3.05, 3.63) is 35.4 Å². The van der Waals surface area contributed by atoms with Gasteiger partial charge in [-0.15, -0.1) is 12.3 Å². The van der Waals surface area contributed by atoms with Crippen molar-refractivity contribution in [2.75, 3.05) is 14.1 Å². The molecule has 0 fully saturated rings. The molecule has 1 N–H and O–H groups in total.